The Morgan fingerprint density at radius 1 is 1.38 bits per heavy atom. The van der Waals surface area contributed by atoms with E-state index in [1.165, 1.54) is 7.11 Å². The van der Waals surface area contributed by atoms with E-state index >= 15 is 0 Å². The van der Waals surface area contributed by atoms with Crippen molar-refractivity contribution < 1.29 is 14.3 Å². The van der Waals surface area contributed by atoms with Crippen molar-refractivity contribution >= 4 is 35.2 Å². The lowest BCUT2D eigenvalue weighted by molar-refractivity contribution is -0.145. The fourth-order valence-corrected chi connectivity index (χ4v) is 3.26. The number of methoxy groups -OCH3 is 1. The van der Waals surface area contributed by atoms with Gasteiger partial charge in [-0.3, -0.25) is 9.59 Å². The van der Waals surface area contributed by atoms with Crippen LogP contribution in [0, 0.1) is 5.92 Å². The smallest absolute Gasteiger partial charge is 0.310 e. The fourth-order valence-electron chi connectivity index (χ4n) is 2.29. The SMILES string of the molecule is COC(=O)C1CCN(C(=O)CCSc2ccc(Cl)cc2)C1. The molecule has 1 fully saturated rings. The molecule has 21 heavy (non-hydrogen) atoms. The number of carbonyl (C=O) groups is 2. The highest BCUT2D eigenvalue weighted by Gasteiger charge is 2.31. The molecule has 1 saturated heterocycles. The predicted octanol–water partition coefficient (Wildman–Crippen LogP) is 2.84. The molecule has 0 N–H and O–H groups in total. The van der Waals surface area contributed by atoms with Crippen LogP contribution in [0.15, 0.2) is 29.2 Å². The summed E-state index contributed by atoms with van der Waals surface area (Å²) in [7, 11) is 1.38. The van der Waals surface area contributed by atoms with E-state index in [0.717, 1.165) is 10.6 Å². The summed E-state index contributed by atoms with van der Waals surface area (Å²) in [5, 5.41) is 0.710. The first-order chi connectivity index (χ1) is 10.1. The van der Waals surface area contributed by atoms with Gasteiger partial charge in [-0.2, -0.15) is 0 Å². The van der Waals surface area contributed by atoms with Crippen LogP contribution in [0.2, 0.25) is 5.02 Å². The summed E-state index contributed by atoms with van der Waals surface area (Å²) in [5.74, 6) is 0.437. The number of ether oxygens (including phenoxy) is 1. The average Bonchev–Trinajstić information content (AvgIpc) is 2.98. The quantitative estimate of drug-likeness (QED) is 0.616. The Labute approximate surface area is 133 Å². The minimum Gasteiger partial charge on any atom is -0.469 e. The first-order valence-electron chi connectivity index (χ1n) is 6.84. The maximum absolute atomic E-state index is 12.1. The lowest BCUT2D eigenvalue weighted by Gasteiger charge is -2.15. The molecular weight excluding hydrogens is 310 g/mol. The highest BCUT2D eigenvalue weighted by molar-refractivity contribution is 7.99. The van der Waals surface area contributed by atoms with Crippen molar-refractivity contribution in [3.8, 4) is 0 Å². The van der Waals surface area contributed by atoms with Crippen molar-refractivity contribution in [2.45, 2.75) is 17.7 Å². The zero-order valence-corrected chi connectivity index (χ0v) is 13.5. The van der Waals surface area contributed by atoms with Gasteiger partial charge < -0.3 is 9.64 Å². The van der Waals surface area contributed by atoms with Crippen LogP contribution in [0.4, 0.5) is 0 Å². The number of rotatable bonds is 5. The Bertz CT molecular complexity index is 506. The van der Waals surface area contributed by atoms with E-state index in [-0.39, 0.29) is 17.8 Å². The van der Waals surface area contributed by atoms with Crippen molar-refractivity contribution in [2.24, 2.45) is 5.92 Å². The van der Waals surface area contributed by atoms with E-state index < -0.39 is 0 Å². The third-order valence-corrected chi connectivity index (χ3v) is 4.74. The van der Waals surface area contributed by atoms with E-state index in [4.69, 9.17) is 16.3 Å². The summed E-state index contributed by atoms with van der Waals surface area (Å²) >= 11 is 7.46. The average molecular weight is 328 g/mol. The summed E-state index contributed by atoms with van der Waals surface area (Å²) in [6.45, 7) is 1.13. The summed E-state index contributed by atoms with van der Waals surface area (Å²) in [6, 6.07) is 7.57. The second kappa shape index (κ2) is 7.71. The van der Waals surface area contributed by atoms with Gasteiger partial charge in [-0.05, 0) is 30.7 Å². The molecule has 1 heterocycles. The van der Waals surface area contributed by atoms with Crippen molar-refractivity contribution in [3.63, 3.8) is 0 Å². The summed E-state index contributed by atoms with van der Waals surface area (Å²) in [4.78, 5) is 26.4. The lowest BCUT2D eigenvalue weighted by Crippen LogP contribution is -2.30. The number of esters is 1. The van der Waals surface area contributed by atoms with E-state index in [2.05, 4.69) is 0 Å². The van der Waals surface area contributed by atoms with Gasteiger partial charge in [0, 0.05) is 35.2 Å². The second-order valence-electron chi connectivity index (χ2n) is 4.90. The molecule has 1 amide bonds. The van der Waals surface area contributed by atoms with Crippen molar-refractivity contribution in [2.75, 3.05) is 26.0 Å². The molecule has 1 unspecified atom stereocenters. The van der Waals surface area contributed by atoms with Crippen LogP contribution in [0.1, 0.15) is 12.8 Å². The normalized spacial score (nSPS) is 17.8. The van der Waals surface area contributed by atoms with Crippen LogP contribution >= 0.6 is 23.4 Å². The van der Waals surface area contributed by atoms with Gasteiger partial charge in [0.15, 0.2) is 0 Å². The number of nitrogens with zero attached hydrogens (tertiary/aromatic N) is 1. The Hall–Kier alpha value is -1.20. The van der Waals surface area contributed by atoms with Gasteiger partial charge in [0.05, 0.1) is 13.0 Å². The van der Waals surface area contributed by atoms with E-state index in [1.807, 2.05) is 24.3 Å². The molecule has 0 aliphatic carbocycles. The second-order valence-corrected chi connectivity index (χ2v) is 6.51. The van der Waals surface area contributed by atoms with Crippen LogP contribution < -0.4 is 0 Å². The van der Waals surface area contributed by atoms with Crippen molar-refractivity contribution in [1.82, 2.24) is 4.90 Å². The highest BCUT2D eigenvalue weighted by atomic mass is 35.5. The third-order valence-electron chi connectivity index (χ3n) is 3.47. The van der Waals surface area contributed by atoms with Crippen LogP contribution in [-0.4, -0.2) is 42.7 Å². The summed E-state index contributed by atoms with van der Waals surface area (Å²) in [6.07, 6.45) is 1.17. The van der Waals surface area contributed by atoms with Gasteiger partial charge in [0.1, 0.15) is 0 Å². The molecule has 0 aromatic heterocycles. The van der Waals surface area contributed by atoms with E-state index in [9.17, 15) is 9.59 Å². The number of likely N-dealkylation sites (tertiary alicyclic amines) is 1. The van der Waals surface area contributed by atoms with Gasteiger partial charge in [0.25, 0.3) is 0 Å². The third kappa shape index (κ3) is 4.64. The highest BCUT2D eigenvalue weighted by Crippen LogP contribution is 2.23. The Morgan fingerprint density at radius 2 is 2.10 bits per heavy atom. The van der Waals surface area contributed by atoms with Gasteiger partial charge in [-0.25, -0.2) is 0 Å². The van der Waals surface area contributed by atoms with Gasteiger partial charge in [-0.1, -0.05) is 11.6 Å². The molecule has 4 nitrogen and oxygen atoms in total. The maximum Gasteiger partial charge on any atom is 0.310 e. The minimum absolute atomic E-state index is 0.0999. The largest absolute Gasteiger partial charge is 0.469 e. The standard InChI is InChI=1S/C15H18ClNO3S/c1-20-15(19)11-6-8-17(10-11)14(18)7-9-21-13-4-2-12(16)3-5-13/h2-5,11H,6-10H2,1H3. The van der Waals surface area contributed by atoms with Crippen molar-refractivity contribution in [1.29, 1.82) is 0 Å². The number of hydrogen-bond acceptors (Lipinski definition) is 4. The molecule has 2 rings (SSSR count). The van der Waals surface area contributed by atoms with Crippen LogP contribution in [0.25, 0.3) is 0 Å². The zero-order chi connectivity index (χ0) is 15.2. The van der Waals surface area contributed by atoms with Crippen LogP contribution in [0.5, 0.6) is 0 Å². The Morgan fingerprint density at radius 3 is 2.76 bits per heavy atom. The molecule has 0 spiro atoms. The lowest BCUT2D eigenvalue weighted by atomic mass is 10.1. The summed E-state index contributed by atoms with van der Waals surface area (Å²) < 4.78 is 4.72. The monoisotopic (exact) mass is 327 g/mol. The molecule has 1 aliphatic rings. The van der Waals surface area contributed by atoms with Gasteiger partial charge >= 0.3 is 5.97 Å². The van der Waals surface area contributed by atoms with Crippen LogP contribution in [-0.2, 0) is 14.3 Å². The summed E-state index contributed by atoms with van der Waals surface area (Å²) in [5.41, 5.74) is 0. The maximum atomic E-state index is 12.1. The number of halogens is 1. The van der Waals surface area contributed by atoms with Crippen molar-refractivity contribution in [3.05, 3.63) is 29.3 Å². The molecule has 1 aliphatic heterocycles. The number of benzene rings is 1. The van der Waals surface area contributed by atoms with E-state index in [1.54, 1.807) is 16.7 Å². The minimum atomic E-state index is -0.221. The number of hydrogen-bond donors (Lipinski definition) is 0. The first kappa shape index (κ1) is 16.2. The zero-order valence-electron chi connectivity index (χ0n) is 11.9. The molecular formula is C15H18ClNO3S. The number of thioether (sulfide) groups is 1. The molecule has 1 aromatic carbocycles. The fraction of sp³-hybridized carbons (Fsp3) is 0.467. The molecule has 0 radical (unpaired) electrons. The molecule has 1 atom stereocenters. The topological polar surface area (TPSA) is 46.6 Å². The number of carbonyl (C=O) groups excluding carboxylic acids is 2. The van der Waals surface area contributed by atoms with Gasteiger partial charge in [-0.15, -0.1) is 11.8 Å². The van der Waals surface area contributed by atoms with E-state index in [0.29, 0.717) is 31.0 Å². The number of amides is 1. The Balaban J connectivity index is 1.73. The predicted molar refractivity (Wildman–Crippen MR) is 83.5 cm³/mol. The molecule has 1 aromatic rings. The Kier molecular flexibility index (Phi) is 5.94. The molecule has 114 valence electrons. The first-order valence-corrected chi connectivity index (χ1v) is 8.20. The van der Waals surface area contributed by atoms with Crippen LogP contribution in [0.3, 0.4) is 0 Å². The molecule has 6 heteroatoms. The molecule has 0 saturated carbocycles. The van der Waals surface area contributed by atoms with Gasteiger partial charge in [0.2, 0.25) is 5.91 Å². The molecule has 0 bridgehead atoms.